The van der Waals surface area contributed by atoms with E-state index in [1.807, 2.05) is 4.90 Å². The van der Waals surface area contributed by atoms with Crippen LogP contribution in [-0.2, 0) is 4.74 Å². The number of non-ortho nitro benzene ring substituents is 1. The number of carbonyl (C=O) groups excluding carboxylic acids is 1. The summed E-state index contributed by atoms with van der Waals surface area (Å²) in [6.45, 7) is 6.10. The van der Waals surface area contributed by atoms with Crippen molar-refractivity contribution >= 4 is 34.2 Å². The number of carbonyl (C=O) groups is 1. The molecule has 136 valence electrons. The molecule has 2 aliphatic rings. The summed E-state index contributed by atoms with van der Waals surface area (Å²) < 4.78 is 6.13. The molecular weight excluding hydrogens is 437 g/mol. The van der Waals surface area contributed by atoms with Gasteiger partial charge in [-0.3, -0.25) is 19.8 Å². The zero-order valence-corrected chi connectivity index (χ0v) is 16.2. The lowest BCUT2D eigenvalue weighted by Crippen LogP contribution is -2.44. The SMILES string of the molecule is O=C(c1cc([N+](=O)[O-])ccc1I)N1CCC(CN2CCOCC2)CC1. The van der Waals surface area contributed by atoms with Crippen molar-refractivity contribution in [1.82, 2.24) is 9.80 Å². The molecule has 0 radical (unpaired) electrons. The second-order valence-corrected chi connectivity index (χ2v) is 7.73. The number of nitrogens with zero attached hydrogens (tertiary/aromatic N) is 3. The number of morpholine rings is 1. The molecule has 25 heavy (non-hydrogen) atoms. The molecule has 2 saturated heterocycles. The minimum atomic E-state index is -0.457. The van der Waals surface area contributed by atoms with Gasteiger partial charge < -0.3 is 9.64 Å². The van der Waals surface area contributed by atoms with E-state index in [1.54, 1.807) is 6.07 Å². The maximum atomic E-state index is 12.8. The molecule has 0 N–H and O–H groups in total. The molecule has 1 amide bonds. The molecule has 1 aromatic rings. The molecule has 2 aliphatic heterocycles. The number of nitro benzene ring substituents is 1. The Morgan fingerprint density at radius 1 is 1.24 bits per heavy atom. The fraction of sp³-hybridized carbons (Fsp3) is 0.588. The van der Waals surface area contributed by atoms with Gasteiger partial charge in [0, 0.05) is 48.4 Å². The summed E-state index contributed by atoms with van der Waals surface area (Å²) in [4.78, 5) is 27.5. The lowest BCUT2D eigenvalue weighted by molar-refractivity contribution is -0.384. The minimum Gasteiger partial charge on any atom is -0.379 e. The summed E-state index contributed by atoms with van der Waals surface area (Å²) in [5, 5.41) is 11.0. The maximum Gasteiger partial charge on any atom is 0.270 e. The summed E-state index contributed by atoms with van der Waals surface area (Å²) in [5.74, 6) is 0.504. The first-order valence-corrected chi connectivity index (χ1v) is 9.66. The highest BCUT2D eigenvalue weighted by Crippen LogP contribution is 2.24. The van der Waals surface area contributed by atoms with Crippen LogP contribution in [0.15, 0.2) is 18.2 Å². The molecule has 7 nitrogen and oxygen atoms in total. The Hall–Kier alpha value is -1.26. The molecule has 8 heteroatoms. The van der Waals surface area contributed by atoms with Gasteiger partial charge in [0.1, 0.15) is 0 Å². The smallest absolute Gasteiger partial charge is 0.270 e. The summed E-state index contributed by atoms with van der Waals surface area (Å²) >= 11 is 2.06. The van der Waals surface area contributed by atoms with Gasteiger partial charge in [-0.2, -0.15) is 0 Å². The third-order valence-electron chi connectivity index (χ3n) is 4.91. The fourth-order valence-electron chi connectivity index (χ4n) is 3.43. The minimum absolute atomic E-state index is 0.0361. The third kappa shape index (κ3) is 4.68. The quantitative estimate of drug-likeness (QED) is 0.393. The van der Waals surface area contributed by atoms with Gasteiger partial charge in [-0.15, -0.1) is 0 Å². The average molecular weight is 459 g/mol. The van der Waals surface area contributed by atoms with Crippen molar-refractivity contribution in [2.24, 2.45) is 5.92 Å². The molecule has 0 aromatic heterocycles. The molecule has 0 atom stereocenters. The molecular formula is C17H22IN3O4. The van der Waals surface area contributed by atoms with Gasteiger partial charge in [0.25, 0.3) is 11.6 Å². The van der Waals surface area contributed by atoms with Gasteiger partial charge >= 0.3 is 0 Å². The van der Waals surface area contributed by atoms with Crippen molar-refractivity contribution in [3.63, 3.8) is 0 Å². The number of hydrogen-bond donors (Lipinski definition) is 0. The third-order valence-corrected chi connectivity index (χ3v) is 5.85. The highest BCUT2D eigenvalue weighted by atomic mass is 127. The molecule has 0 spiro atoms. The molecule has 0 aliphatic carbocycles. The number of benzene rings is 1. The van der Waals surface area contributed by atoms with Gasteiger partial charge in [0.2, 0.25) is 0 Å². The van der Waals surface area contributed by atoms with E-state index in [2.05, 4.69) is 27.5 Å². The summed E-state index contributed by atoms with van der Waals surface area (Å²) in [5.41, 5.74) is 0.396. The van der Waals surface area contributed by atoms with E-state index in [0.717, 1.165) is 49.3 Å². The monoisotopic (exact) mass is 459 g/mol. The van der Waals surface area contributed by atoms with Crippen molar-refractivity contribution in [3.8, 4) is 0 Å². The molecule has 0 unspecified atom stereocenters. The van der Waals surface area contributed by atoms with Gasteiger partial charge in [-0.05, 0) is 47.4 Å². The van der Waals surface area contributed by atoms with E-state index in [1.165, 1.54) is 12.1 Å². The van der Waals surface area contributed by atoms with Crippen LogP contribution in [0.5, 0.6) is 0 Å². The van der Waals surface area contributed by atoms with Crippen LogP contribution < -0.4 is 0 Å². The lowest BCUT2D eigenvalue weighted by Gasteiger charge is -2.36. The van der Waals surface area contributed by atoms with Crippen LogP contribution >= 0.6 is 22.6 Å². The van der Waals surface area contributed by atoms with Crippen molar-refractivity contribution in [2.45, 2.75) is 12.8 Å². The van der Waals surface area contributed by atoms with Crippen molar-refractivity contribution in [1.29, 1.82) is 0 Å². The molecule has 2 fully saturated rings. The highest BCUT2D eigenvalue weighted by Gasteiger charge is 2.27. The van der Waals surface area contributed by atoms with Crippen LogP contribution in [0.2, 0.25) is 0 Å². The predicted octanol–water partition coefficient (Wildman–Crippen LogP) is 2.38. The Balaban J connectivity index is 1.58. The maximum absolute atomic E-state index is 12.8. The Labute approximate surface area is 160 Å². The second kappa shape index (κ2) is 8.41. The first kappa shape index (κ1) is 18.5. The molecule has 0 bridgehead atoms. The number of rotatable bonds is 4. The first-order valence-electron chi connectivity index (χ1n) is 8.58. The van der Waals surface area contributed by atoms with Gasteiger partial charge in [0.05, 0.1) is 23.7 Å². The van der Waals surface area contributed by atoms with Crippen LogP contribution in [0.25, 0.3) is 0 Å². The average Bonchev–Trinajstić information content (AvgIpc) is 2.63. The number of hydrogen-bond acceptors (Lipinski definition) is 5. The zero-order chi connectivity index (χ0) is 17.8. The van der Waals surface area contributed by atoms with Gasteiger partial charge in [-0.1, -0.05) is 0 Å². The van der Waals surface area contributed by atoms with Crippen LogP contribution in [0.4, 0.5) is 5.69 Å². The highest BCUT2D eigenvalue weighted by molar-refractivity contribution is 14.1. The van der Waals surface area contributed by atoms with Crippen LogP contribution in [0.1, 0.15) is 23.2 Å². The molecule has 1 aromatic carbocycles. The van der Waals surface area contributed by atoms with Crippen LogP contribution in [0, 0.1) is 19.6 Å². The topological polar surface area (TPSA) is 75.9 Å². The zero-order valence-electron chi connectivity index (χ0n) is 14.0. The summed E-state index contributed by atoms with van der Waals surface area (Å²) in [6, 6.07) is 4.47. The van der Waals surface area contributed by atoms with Crippen molar-refractivity contribution < 1.29 is 14.5 Å². The predicted molar refractivity (Wildman–Crippen MR) is 102 cm³/mol. The van der Waals surface area contributed by atoms with Crippen LogP contribution in [0.3, 0.4) is 0 Å². The second-order valence-electron chi connectivity index (χ2n) is 6.57. The number of halogens is 1. The Bertz CT molecular complexity index is 641. The Morgan fingerprint density at radius 3 is 2.56 bits per heavy atom. The number of ether oxygens (including phenoxy) is 1. The normalized spacial score (nSPS) is 19.8. The van der Waals surface area contributed by atoms with E-state index in [4.69, 9.17) is 4.74 Å². The Morgan fingerprint density at radius 2 is 1.92 bits per heavy atom. The number of nitro groups is 1. The largest absolute Gasteiger partial charge is 0.379 e. The lowest BCUT2D eigenvalue weighted by atomic mass is 9.95. The van der Waals surface area contributed by atoms with E-state index in [-0.39, 0.29) is 11.6 Å². The number of piperidine rings is 1. The van der Waals surface area contributed by atoms with Gasteiger partial charge in [-0.25, -0.2) is 0 Å². The van der Waals surface area contributed by atoms with E-state index in [9.17, 15) is 14.9 Å². The number of likely N-dealkylation sites (tertiary alicyclic amines) is 1. The van der Waals surface area contributed by atoms with Crippen LogP contribution in [-0.4, -0.2) is 66.6 Å². The Kier molecular flexibility index (Phi) is 6.24. The molecule has 2 heterocycles. The number of amides is 1. The van der Waals surface area contributed by atoms with E-state index in [0.29, 0.717) is 24.6 Å². The molecule has 3 rings (SSSR count). The summed E-state index contributed by atoms with van der Waals surface area (Å²) in [6.07, 6.45) is 1.96. The van der Waals surface area contributed by atoms with E-state index < -0.39 is 4.92 Å². The standard InChI is InChI=1S/C17H22IN3O4/c18-16-2-1-14(21(23)24)11-15(16)17(22)20-5-3-13(4-6-20)12-19-7-9-25-10-8-19/h1-2,11,13H,3-10,12H2. The van der Waals surface area contributed by atoms with Crippen molar-refractivity contribution in [2.75, 3.05) is 45.9 Å². The summed E-state index contributed by atoms with van der Waals surface area (Å²) in [7, 11) is 0. The van der Waals surface area contributed by atoms with E-state index >= 15 is 0 Å². The fourth-order valence-corrected chi connectivity index (χ4v) is 3.99. The molecule has 0 saturated carbocycles. The van der Waals surface area contributed by atoms with Gasteiger partial charge in [0.15, 0.2) is 0 Å². The first-order chi connectivity index (χ1) is 12.0. The van der Waals surface area contributed by atoms with Crippen molar-refractivity contribution in [3.05, 3.63) is 37.4 Å².